The minimum Gasteiger partial charge on any atom is -0.493 e. The van der Waals surface area contributed by atoms with Crippen LogP contribution in [0.1, 0.15) is 52.9 Å². The van der Waals surface area contributed by atoms with Crippen molar-refractivity contribution in [3.63, 3.8) is 0 Å². The van der Waals surface area contributed by atoms with Gasteiger partial charge in [0.25, 0.3) is 0 Å². The van der Waals surface area contributed by atoms with Crippen molar-refractivity contribution in [2.24, 2.45) is 0 Å². The third kappa shape index (κ3) is 7.16. The molecule has 0 spiro atoms. The molecule has 1 fully saturated rings. The van der Waals surface area contributed by atoms with Crippen LogP contribution in [0.2, 0.25) is 5.02 Å². The van der Waals surface area contributed by atoms with Gasteiger partial charge in [-0.05, 0) is 60.0 Å². The molecule has 3 aromatic rings. The molecule has 1 atom stereocenters. The first kappa shape index (κ1) is 28.1. The molecular formula is C30H31ClN2O6. The summed E-state index contributed by atoms with van der Waals surface area (Å²) < 4.78 is 11.4. The summed E-state index contributed by atoms with van der Waals surface area (Å²) in [4.78, 5) is 38.5. The normalized spacial score (nSPS) is 14.1. The summed E-state index contributed by atoms with van der Waals surface area (Å²) in [7, 11) is 1.57. The fourth-order valence-corrected chi connectivity index (χ4v) is 4.68. The van der Waals surface area contributed by atoms with E-state index in [1.165, 1.54) is 4.90 Å². The summed E-state index contributed by atoms with van der Waals surface area (Å²) in [6, 6.07) is 20.3. The van der Waals surface area contributed by atoms with Gasteiger partial charge in [-0.2, -0.15) is 0 Å². The summed E-state index contributed by atoms with van der Waals surface area (Å²) in [6.07, 6.45) is 0.511. The number of amides is 2. The van der Waals surface area contributed by atoms with Crippen molar-refractivity contribution in [1.29, 1.82) is 0 Å². The number of aromatic carboxylic acids is 1. The number of rotatable bonds is 12. The summed E-state index contributed by atoms with van der Waals surface area (Å²) >= 11 is 6.11. The van der Waals surface area contributed by atoms with Gasteiger partial charge in [0.05, 0.1) is 19.2 Å². The van der Waals surface area contributed by atoms with Crippen molar-refractivity contribution < 1.29 is 29.0 Å². The quantitative estimate of drug-likeness (QED) is 0.304. The maximum Gasteiger partial charge on any atom is 0.335 e. The highest BCUT2D eigenvalue weighted by Crippen LogP contribution is 2.31. The molecule has 1 aliphatic rings. The molecule has 0 unspecified atom stereocenters. The number of carboxylic acids is 1. The van der Waals surface area contributed by atoms with Gasteiger partial charge in [0.1, 0.15) is 6.61 Å². The van der Waals surface area contributed by atoms with Crippen LogP contribution in [-0.2, 0) is 22.7 Å². The van der Waals surface area contributed by atoms with Crippen molar-refractivity contribution >= 4 is 29.4 Å². The minimum atomic E-state index is -0.957. The van der Waals surface area contributed by atoms with Crippen LogP contribution in [0.5, 0.6) is 11.5 Å². The maximum absolute atomic E-state index is 11.8. The first-order valence-corrected chi connectivity index (χ1v) is 13.1. The second-order valence-electron chi connectivity index (χ2n) is 9.41. The zero-order valence-electron chi connectivity index (χ0n) is 21.9. The van der Waals surface area contributed by atoms with E-state index in [-0.39, 0.29) is 49.4 Å². The molecule has 0 saturated carbocycles. The van der Waals surface area contributed by atoms with Crippen LogP contribution in [0.15, 0.2) is 66.7 Å². The lowest BCUT2D eigenvalue weighted by Crippen LogP contribution is -2.33. The number of halogens is 1. The van der Waals surface area contributed by atoms with E-state index >= 15 is 0 Å². The monoisotopic (exact) mass is 550 g/mol. The Morgan fingerprint density at radius 2 is 1.56 bits per heavy atom. The fraction of sp³-hybridized carbons (Fsp3) is 0.300. The smallest absolute Gasteiger partial charge is 0.335 e. The number of ether oxygens (including phenoxy) is 2. The Morgan fingerprint density at radius 3 is 2.18 bits per heavy atom. The Labute approximate surface area is 232 Å². The average molecular weight is 551 g/mol. The van der Waals surface area contributed by atoms with Gasteiger partial charge in [-0.1, -0.05) is 41.9 Å². The van der Waals surface area contributed by atoms with Gasteiger partial charge in [0, 0.05) is 37.0 Å². The molecule has 3 aromatic carbocycles. The highest BCUT2D eigenvalue weighted by molar-refractivity contribution is 6.30. The Bertz CT molecular complexity index is 1310. The largest absolute Gasteiger partial charge is 0.493 e. The number of nitrogens with zero attached hydrogens (tertiary/aromatic N) is 2. The number of methoxy groups -OCH3 is 1. The van der Waals surface area contributed by atoms with Gasteiger partial charge >= 0.3 is 5.97 Å². The van der Waals surface area contributed by atoms with E-state index in [0.29, 0.717) is 29.6 Å². The number of likely N-dealkylation sites (tertiary alicyclic amines) is 1. The number of carbonyl (C=O) groups excluding carboxylic acids is 2. The second kappa shape index (κ2) is 12.8. The lowest BCUT2D eigenvalue weighted by atomic mass is 10.0. The number of hydrogen-bond acceptors (Lipinski definition) is 6. The molecule has 1 N–H and O–H groups in total. The molecule has 0 aromatic heterocycles. The van der Waals surface area contributed by atoms with Crippen molar-refractivity contribution in [2.45, 2.75) is 38.9 Å². The molecule has 0 aliphatic carbocycles. The standard InChI is InChI=1S/C30H31ClN2O6/c1-20(23-8-10-25(31)11-9-23)32(18-21-3-6-24(7-4-21)30(36)37)19-22-5-12-26(27(17-22)38-2)39-16-15-33-28(34)13-14-29(33)35/h3-12,17,20H,13-16,18-19H2,1-2H3,(H,36,37)/t20-/m1/s1. The van der Waals surface area contributed by atoms with Crippen LogP contribution in [0.4, 0.5) is 0 Å². The molecule has 204 valence electrons. The first-order valence-electron chi connectivity index (χ1n) is 12.7. The number of carboxylic acid groups (broad SMARTS) is 1. The number of benzene rings is 3. The predicted octanol–water partition coefficient (Wildman–Crippen LogP) is 5.34. The molecular weight excluding hydrogens is 520 g/mol. The Hall–Kier alpha value is -3.88. The average Bonchev–Trinajstić information content (AvgIpc) is 3.26. The summed E-state index contributed by atoms with van der Waals surface area (Å²) in [6.45, 7) is 3.67. The van der Waals surface area contributed by atoms with E-state index in [1.807, 2.05) is 54.6 Å². The van der Waals surface area contributed by atoms with Gasteiger partial charge in [-0.25, -0.2) is 4.79 Å². The predicted molar refractivity (Wildman–Crippen MR) is 147 cm³/mol. The van der Waals surface area contributed by atoms with Gasteiger partial charge in [-0.15, -0.1) is 0 Å². The van der Waals surface area contributed by atoms with Crippen molar-refractivity contribution in [1.82, 2.24) is 9.80 Å². The van der Waals surface area contributed by atoms with Crippen molar-refractivity contribution in [3.8, 4) is 11.5 Å². The van der Waals surface area contributed by atoms with Crippen LogP contribution in [0, 0.1) is 0 Å². The van der Waals surface area contributed by atoms with Crippen molar-refractivity contribution in [2.75, 3.05) is 20.3 Å². The SMILES string of the molecule is COc1cc(CN(Cc2ccc(C(=O)O)cc2)[C@H](C)c2ccc(Cl)cc2)ccc1OCCN1C(=O)CCC1=O. The number of carbonyl (C=O) groups is 3. The van der Waals surface area contributed by atoms with Crippen LogP contribution < -0.4 is 9.47 Å². The van der Waals surface area contributed by atoms with E-state index in [2.05, 4.69) is 11.8 Å². The molecule has 9 heteroatoms. The number of imide groups is 1. The van der Waals surface area contributed by atoms with Gasteiger partial charge < -0.3 is 14.6 Å². The van der Waals surface area contributed by atoms with E-state index in [9.17, 15) is 19.5 Å². The highest BCUT2D eigenvalue weighted by atomic mass is 35.5. The molecule has 8 nitrogen and oxygen atoms in total. The van der Waals surface area contributed by atoms with Crippen LogP contribution in [-0.4, -0.2) is 53.0 Å². The zero-order valence-corrected chi connectivity index (χ0v) is 22.7. The fourth-order valence-electron chi connectivity index (χ4n) is 4.55. The van der Waals surface area contributed by atoms with Crippen molar-refractivity contribution in [3.05, 3.63) is 94.0 Å². The Morgan fingerprint density at radius 1 is 0.949 bits per heavy atom. The number of hydrogen-bond donors (Lipinski definition) is 1. The molecule has 1 heterocycles. The lowest BCUT2D eigenvalue weighted by Gasteiger charge is -2.30. The van der Waals surface area contributed by atoms with Gasteiger partial charge in [0.2, 0.25) is 11.8 Å². The topological polar surface area (TPSA) is 96.4 Å². The minimum absolute atomic E-state index is 0.0267. The van der Waals surface area contributed by atoms with Crippen LogP contribution in [0.25, 0.3) is 0 Å². The Balaban J connectivity index is 1.50. The molecule has 4 rings (SSSR count). The lowest BCUT2D eigenvalue weighted by molar-refractivity contribution is -0.138. The molecule has 39 heavy (non-hydrogen) atoms. The van der Waals surface area contributed by atoms with Gasteiger partial charge in [0.15, 0.2) is 11.5 Å². The summed E-state index contributed by atoms with van der Waals surface area (Å²) in [5.74, 6) is -0.212. The molecule has 1 saturated heterocycles. The van der Waals surface area contributed by atoms with E-state index in [1.54, 1.807) is 19.2 Å². The summed E-state index contributed by atoms with van der Waals surface area (Å²) in [5, 5.41) is 9.91. The molecule has 2 amide bonds. The molecule has 1 aliphatic heterocycles. The molecule has 0 radical (unpaired) electrons. The summed E-state index contributed by atoms with van der Waals surface area (Å²) in [5.41, 5.74) is 3.32. The van der Waals surface area contributed by atoms with E-state index in [0.717, 1.165) is 16.7 Å². The van der Waals surface area contributed by atoms with Gasteiger partial charge in [-0.3, -0.25) is 19.4 Å². The third-order valence-electron chi connectivity index (χ3n) is 6.83. The zero-order chi connectivity index (χ0) is 27.9. The molecule has 0 bridgehead atoms. The van der Waals surface area contributed by atoms with Crippen LogP contribution in [0.3, 0.4) is 0 Å². The highest BCUT2D eigenvalue weighted by Gasteiger charge is 2.28. The Kier molecular flexibility index (Phi) is 9.22. The second-order valence-corrected chi connectivity index (χ2v) is 9.84. The maximum atomic E-state index is 11.8. The van der Waals surface area contributed by atoms with E-state index < -0.39 is 5.97 Å². The third-order valence-corrected chi connectivity index (χ3v) is 7.08. The first-order chi connectivity index (χ1) is 18.7. The van der Waals surface area contributed by atoms with Crippen LogP contribution >= 0.6 is 11.6 Å². The van der Waals surface area contributed by atoms with E-state index in [4.69, 9.17) is 21.1 Å².